The van der Waals surface area contributed by atoms with E-state index in [-0.39, 0.29) is 11.2 Å². The van der Waals surface area contributed by atoms with E-state index < -0.39 is 9.05 Å². The highest BCUT2D eigenvalue weighted by Crippen LogP contribution is 2.40. The van der Waals surface area contributed by atoms with Gasteiger partial charge < -0.3 is 4.74 Å². The zero-order chi connectivity index (χ0) is 13.9. The summed E-state index contributed by atoms with van der Waals surface area (Å²) >= 11 is 0. The number of hydrogen-bond donors (Lipinski definition) is 0. The molecule has 19 heavy (non-hydrogen) atoms. The summed E-state index contributed by atoms with van der Waals surface area (Å²) in [5, 5.41) is 4.12. The molecule has 0 radical (unpaired) electrons. The zero-order valence-electron chi connectivity index (χ0n) is 11.0. The first-order valence-corrected chi connectivity index (χ1v) is 8.98. The summed E-state index contributed by atoms with van der Waals surface area (Å²) in [4.78, 5) is 0. The molecule has 0 bridgehead atoms. The largest absolute Gasteiger partial charge is 0.490 e. The molecule has 0 aromatic carbocycles. The van der Waals surface area contributed by atoms with Crippen molar-refractivity contribution in [3.63, 3.8) is 0 Å². The molecule has 2 rings (SSSR count). The molecule has 108 valence electrons. The van der Waals surface area contributed by atoms with E-state index in [0.29, 0.717) is 12.4 Å². The molecule has 0 spiro atoms. The summed E-state index contributed by atoms with van der Waals surface area (Å²) in [7, 11) is 1.91. The third-order valence-electron chi connectivity index (χ3n) is 3.62. The topological polar surface area (TPSA) is 61.2 Å². The lowest BCUT2D eigenvalue weighted by Gasteiger charge is -2.26. The van der Waals surface area contributed by atoms with Crippen molar-refractivity contribution in [1.82, 2.24) is 9.78 Å². The van der Waals surface area contributed by atoms with Crippen molar-refractivity contribution in [1.29, 1.82) is 0 Å². The average molecular weight is 307 g/mol. The van der Waals surface area contributed by atoms with Gasteiger partial charge in [-0.3, -0.25) is 4.68 Å². The molecule has 5 nitrogen and oxygen atoms in total. The van der Waals surface area contributed by atoms with Crippen LogP contribution in [0.1, 0.15) is 32.6 Å². The Morgan fingerprint density at radius 2 is 2.16 bits per heavy atom. The molecular formula is C12H19ClN2O3S. The summed E-state index contributed by atoms with van der Waals surface area (Å²) in [5.74, 6) is 0.670. The van der Waals surface area contributed by atoms with Gasteiger partial charge in [-0.1, -0.05) is 12.8 Å². The summed E-state index contributed by atoms with van der Waals surface area (Å²) in [6.45, 7) is 3.16. The molecule has 1 aromatic heterocycles. The third kappa shape index (κ3) is 4.11. The van der Waals surface area contributed by atoms with Crippen molar-refractivity contribution in [3.8, 4) is 5.75 Å². The Morgan fingerprint density at radius 3 is 2.68 bits per heavy atom. The molecule has 0 atom stereocenters. The fraction of sp³-hybridized carbons (Fsp3) is 0.750. The van der Waals surface area contributed by atoms with Crippen LogP contribution in [0.25, 0.3) is 0 Å². The average Bonchev–Trinajstić information content (AvgIpc) is 2.93. The highest BCUT2D eigenvalue weighted by atomic mass is 35.7. The van der Waals surface area contributed by atoms with E-state index in [1.54, 1.807) is 10.9 Å². The molecule has 0 unspecified atom stereocenters. The number of aromatic nitrogens is 2. The first-order valence-electron chi connectivity index (χ1n) is 6.50. The number of aryl methyl sites for hydroxylation is 1. The van der Waals surface area contributed by atoms with Crippen LogP contribution in [-0.2, 0) is 15.6 Å². The fourth-order valence-electron chi connectivity index (χ4n) is 2.65. The second-order valence-electron chi connectivity index (χ2n) is 5.21. The minimum Gasteiger partial charge on any atom is -0.490 e. The SMILES string of the molecule is CCn1cc(OCC2(CS(=O)(=O)Cl)CCCC2)cn1. The maximum absolute atomic E-state index is 11.3. The van der Waals surface area contributed by atoms with E-state index in [1.807, 2.05) is 13.1 Å². The van der Waals surface area contributed by atoms with E-state index in [4.69, 9.17) is 15.4 Å². The van der Waals surface area contributed by atoms with Crippen molar-refractivity contribution >= 4 is 19.7 Å². The highest BCUT2D eigenvalue weighted by molar-refractivity contribution is 8.13. The predicted molar refractivity (Wildman–Crippen MR) is 73.9 cm³/mol. The van der Waals surface area contributed by atoms with Gasteiger partial charge in [-0.2, -0.15) is 5.10 Å². The lowest BCUT2D eigenvalue weighted by molar-refractivity contribution is 0.171. The molecule has 7 heteroatoms. The van der Waals surface area contributed by atoms with E-state index in [1.165, 1.54) is 0 Å². The van der Waals surface area contributed by atoms with Gasteiger partial charge in [-0.15, -0.1) is 0 Å². The molecular weight excluding hydrogens is 288 g/mol. The highest BCUT2D eigenvalue weighted by Gasteiger charge is 2.38. The molecule has 0 aliphatic heterocycles. The summed E-state index contributed by atoms with van der Waals surface area (Å²) in [6.07, 6.45) is 7.23. The Morgan fingerprint density at radius 1 is 1.47 bits per heavy atom. The molecule has 1 fully saturated rings. The van der Waals surface area contributed by atoms with E-state index in [0.717, 1.165) is 32.2 Å². The molecule has 1 saturated carbocycles. The quantitative estimate of drug-likeness (QED) is 0.757. The first-order chi connectivity index (χ1) is 8.92. The second kappa shape index (κ2) is 5.71. The Balaban J connectivity index is 2.01. The Hall–Kier alpha value is -0.750. The first kappa shape index (κ1) is 14.7. The minimum atomic E-state index is -3.50. The van der Waals surface area contributed by atoms with Gasteiger partial charge >= 0.3 is 0 Å². The Labute approximate surface area is 118 Å². The van der Waals surface area contributed by atoms with Crippen LogP contribution < -0.4 is 4.74 Å². The number of ether oxygens (including phenoxy) is 1. The number of rotatable bonds is 6. The van der Waals surface area contributed by atoms with Crippen LogP contribution in [0.2, 0.25) is 0 Å². The van der Waals surface area contributed by atoms with Crippen LogP contribution in [0, 0.1) is 5.41 Å². The molecule has 1 heterocycles. The molecule has 0 saturated heterocycles. The Kier molecular flexibility index (Phi) is 4.40. The predicted octanol–water partition coefficient (Wildman–Crippen LogP) is 2.41. The maximum Gasteiger partial charge on any atom is 0.233 e. The standard InChI is InChI=1S/C12H19ClN2O3S/c1-2-15-8-11(7-14-15)18-9-12(5-3-4-6-12)10-19(13,16)17/h7-8H,2-6,9-10H2,1H3. The van der Waals surface area contributed by atoms with Gasteiger partial charge in [0, 0.05) is 22.6 Å². The minimum absolute atomic E-state index is 0.0104. The molecule has 1 aromatic rings. The van der Waals surface area contributed by atoms with E-state index in [2.05, 4.69) is 5.10 Å². The fourth-order valence-corrected chi connectivity index (χ4v) is 4.45. The van der Waals surface area contributed by atoms with Crippen molar-refractivity contribution in [2.24, 2.45) is 5.41 Å². The lowest BCUT2D eigenvalue weighted by atomic mass is 9.90. The molecule has 1 aliphatic carbocycles. The third-order valence-corrected chi connectivity index (χ3v) is 4.91. The van der Waals surface area contributed by atoms with Gasteiger partial charge in [-0.25, -0.2) is 8.42 Å². The van der Waals surface area contributed by atoms with Gasteiger partial charge in [0.15, 0.2) is 5.75 Å². The van der Waals surface area contributed by atoms with Crippen molar-refractivity contribution in [2.75, 3.05) is 12.4 Å². The Bertz CT molecular complexity index is 521. The normalized spacial score (nSPS) is 18.6. The number of nitrogens with zero attached hydrogens (tertiary/aromatic N) is 2. The molecule has 0 amide bonds. The second-order valence-corrected chi connectivity index (χ2v) is 7.99. The van der Waals surface area contributed by atoms with Crippen molar-refractivity contribution < 1.29 is 13.2 Å². The van der Waals surface area contributed by atoms with Crippen LogP contribution in [0.15, 0.2) is 12.4 Å². The number of halogens is 1. The lowest BCUT2D eigenvalue weighted by Crippen LogP contribution is -2.32. The van der Waals surface area contributed by atoms with E-state index in [9.17, 15) is 8.42 Å². The summed E-state index contributed by atoms with van der Waals surface area (Å²) < 4.78 is 30.2. The van der Waals surface area contributed by atoms with Crippen LogP contribution in [-0.4, -0.2) is 30.6 Å². The van der Waals surface area contributed by atoms with Gasteiger partial charge in [0.05, 0.1) is 24.8 Å². The van der Waals surface area contributed by atoms with Crippen molar-refractivity contribution in [3.05, 3.63) is 12.4 Å². The van der Waals surface area contributed by atoms with Crippen LogP contribution >= 0.6 is 10.7 Å². The van der Waals surface area contributed by atoms with Gasteiger partial charge in [0.2, 0.25) is 9.05 Å². The maximum atomic E-state index is 11.3. The molecule has 0 N–H and O–H groups in total. The van der Waals surface area contributed by atoms with Gasteiger partial charge in [0.1, 0.15) is 0 Å². The summed E-state index contributed by atoms with van der Waals surface area (Å²) in [6, 6.07) is 0. The molecule has 1 aliphatic rings. The van der Waals surface area contributed by atoms with E-state index >= 15 is 0 Å². The zero-order valence-corrected chi connectivity index (χ0v) is 12.6. The van der Waals surface area contributed by atoms with Crippen molar-refractivity contribution in [2.45, 2.75) is 39.2 Å². The number of hydrogen-bond acceptors (Lipinski definition) is 4. The van der Waals surface area contributed by atoms with Crippen LogP contribution in [0.5, 0.6) is 5.75 Å². The summed E-state index contributed by atoms with van der Waals surface area (Å²) in [5.41, 5.74) is -0.338. The monoisotopic (exact) mass is 306 g/mol. The van der Waals surface area contributed by atoms with Gasteiger partial charge in [-0.05, 0) is 19.8 Å². The van der Waals surface area contributed by atoms with Crippen LogP contribution in [0.3, 0.4) is 0 Å². The van der Waals surface area contributed by atoms with Gasteiger partial charge in [0.25, 0.3) is 0 Å². The van der Waals surface area contributed by atoms with Crippen LogP contribution in [0.4, 0.5) is 0 Å². The smallest absolute Gasteiger partial charge is 0.233 e.